The Morgan fingerprint density at radius 1 is 1.05 bits per heavy atom. The average molecular weight is 278 g/mol. The number of quaternary nitrogens is 1. The van der Waals surface area contributed by atoms with Gasteiger partial charge in [0.25, 0.3) is 0 Å². The summed E-state index contributed by atoms with van der Waals surface area (Å²) in [7, 11) is 0. The van der Waals surface area contributed by atoms with Crippen LogP contribution in [0.4, 0.5) is 0 Å². The van der Waals surface area contributed by atoms with Crippen molar-refractivity contribution in [1.82, 2.24) is 20.2 Å². The van der Waals surface area contributed by atoms with Gasteiger partial charge in [0.15, 0.2) is 6.04 Å². The van der Waals surface area contributed by atoms with Crippen molar-refractivity contribution in [2.75, 3.05) is 13.1 Å². The van der Waals surface area contributed by atoms with Gasteiger partial charge in [0, 0.05) is 5.92 Å². The summed E-state index contributed by atoms with van der Waals surface area (Å²) in [5.74, 6) is 1.73. The number of rotatable bonds is 4. The second-order valence-corrected chi connectivity index (χ2v) is 6.86. The first-order valence-electron chi connectivity index (χ1n) is 8.39. The third-order valence-electron chi connectivity index (χ3n) is 5.07. The predicted octanol–water partition coefficient (Wildman–Crippen LogP) is 1.55. The molecule has 0 unspecified atom stereocenters. The Kier molecular flexibility index (Phi) is 4.34. The summed E-state index contributed by atoms with van der Waals surface area (Å²) in [6, 6.07) is 1.01. The van der Waals surface area contributed by atoms with Crippen LogP contribution in [-0.4, -0.2) is 33.3 Å². The molecule has 1 aliphatic carbocycles. The number of aromatic nitrogens is 4. The minimum Gasteiger partial charge on any atom is -0.326 e. The summed E-state index contributed by atoms with van der Waals surface area (Å²) < 4.78 is 2.17. The van der Waals surface area contributed by atoms with Crippen LogP contribution < -0.4 is 4.90 Å². The first-order valence-corrected chi connectivity index (χ1v) is 8.39. The molecule has 1 atom stereocenters. The first-order chi connectivity index (χ1) is 9.77. The van der Waals surface area contributed by atoms with Crippen LogP contribution in [0.25, 0.3) is 0 Å². The molecule has 2 heterocycles. The highest BCUT2D eigenvalue weighted by molar-refractivity contribution is 4.93. The third kappa shape index (κ3) is 2.73. The largest absolute Gasteiger partial charge is 0.326 e. The van der Waals surface area contributed by atoms with E-state index < -0.39 is 0 Å². The van der Waals surface area contributed by atoms with E-state index in [4.69, 9.17) is 0 Å². The zero-order valence-corrected chi connectivity index (χ0v) is 12.9. The highest BCUT2D eigenvalue weighted by Crippen LogP contribution is 2.31. The number of nitrogens with zero attached hydrogens (tertiary/aromatic N) is 4. The minimum absolute atomic E-state index is 0.464. The quantitative estimate of drug-likeness (QED) is 0.909. The highest BCUT2D eigenvalue weighted by atomic mass is 15.6. The molecule has 1 saturated heterocycles. The molecule has 1 saturated carbocycles. The maximum absolute atomic E-state index is 4.44. The molecule has 1 aromatic heterocycles. The van der Waals surface area contributed by atoms with Gasteiger partial charge in [0.05, 0.1) is 19.1 Å². The van der Waals surface area contributed by atoms with Gasteiger partial charge in [0.2, 0.25) is 5.82 Å². The van der Waals surface area contributed by atoms with Crippen LogP contribution in [-0.2, 0) is 0 Å². The van der Waals surface area contributed by atoms with Crippen LogP contribution in [0.1, 0.15) is 76.7 Å². The van der Waals surface area contributed by atoms with Gasteiger partial charge in [-0.2, -0.15) is 0 Å². The molecule has 5 nitrogen and oxygen atoms in total. The topological polar surface area (TPSA) is 48.0 Å². The van der Waals surface area contributed by atoms with E-state index in [0.29, 0.717) is 18.0 Å². The first kappa shape index (κ1) is 14.0. The van der Waals surface area contributed by atoms with Gasteiger partial charge in [-0.3, -0.25) is 0 Å². The molecule has 5 heteroatoms. The van der Waals surface area contributed by atoms with E-state index in [1.165, 1.54) is 58.0 Å². The van der Waals surface area contributed by atoms with E-state index in [0.717, 1.165) is 5.82 Å². The SMILES string of the molecule is CC(C)[C@H](c1nnnn1C1CCCC1)[NH+]1CCCCC1. The molecule has 0 spiro atoms. The second kappa shape index (κ2) is 6.20. The Balaban J connectivity index is 1.85. The lowest BCUT2D eigenvalue weighted by molar-refractivity contribution is -0.940. The molecule has 1 aromatic rings. The number of piperidine rings is 1. The van der Waals surface area contributed by atoms with Gasteiger partial charge >= 0.3 is 0 Å². The summed E-state index contributed by atoms with van der Waals surface area (Å²) in [6.07, 6.45) is 9.24. The van der Waals surface area contributed by atoms with Crippen molar-refractivity contribution < 1.29 is 4.90 Å². The number of tetrazole rings is 1. The fraction of sp³-hybridized carbons (Fsp3) is 0.933. The molecule has 0 amide bonds. The maximum atomic E-state index is 4.44. The molecule has 112 valence electrons. The molecule has 0 bridgehead atoms. The molecule has 1 aliphatic heterocycles. The van der Waals surface area contributed by atoms with E-state index in [-0.39, 0.29) is 0 Å². The molecule has 2 aliphatic rings. The van der Waals surface area contributed by atoms with Crippen LogP contribution in [0.2, 0.25) is 0 Å². The van der Waals surface area contributed by atoms with Crippen LogP contribution in [0.15, 0.2) is 0 Å². The molecule has 0 aromatic carbocycles. The molecular weight excluding hydrogens is 250 g/mol. The van der Waals surface area contributed by atoms with Gasteiger partial charge in [-0.15, -0.1) is 5.10 Å². The van der Waals surface area contributed by atoms with Crippen molar-refractivity contribution in [2.24, 2.45) is 5.92 Å². The van der Waals surface area contributed by atoms with Crippen LogP contribution in [0.3, 0.4) is 0 Å². The summed E-state index contributed by atoms with van der Waals surface area (Å²) in [5.41, 5.74) is 0. The summed E-state index contributed by atoms with van der Waals surface area (Å²) in [5, 5.41) is 12.8. The maximum Gasteiger partial charge on any atom is 0.209 e. The molecule has 2 fully saturated rings. The Bertz CT molecular complexity index is 416. The van der Waals surface area contributed by atoms with Crippen molar-refractivity contribution in [1.29, 1.82) is 0 Å². The number of hydrogen-bond donors (Lipinski definition) is 1. The number of nitrogens with one attached hydrogen (secondary N) is 1. The smallest absolute Gasteiger partial charge is 0.209 e. The number of likely N-dealkylation sites (tertiary alicyclic amines) is 1. The van der Waals surface area contributed by atoms with Gasteiger partial charge in [-0.05, 0) is 42.5 Å². The van der Waals surface area contributed by atoms with Crippen LogP contribution in [0.5, 0.6) is 0 Å². The average Bonchev–Trinajstić information content (AvgIpc) is 3.09. The van der Waals surface area contributed by atoms with Gasteiger partial charge in [-0.25, -0.2) is 4.68 Å². The van der Waals surface area contributed by atoms with Crippen molar-refractivity contribution in [3.05, 3.63) is 5.82 Å². The Hall–Kier alpha value is -0.970. The van der Waals surface area contributed by atoms with Crippen LogP contribution >= 0.6 is 0 Å². The van der Waals surface area contributed by atoms with Crippen molar-refractivity contribution in [3.8, 4) is 0 Å². The third-order valence-corrected chi connectivity index (χ3v) is 5.07. The highest BCUT2D eigenvalue weighted by Gasteiger charge is 2.35. The fourth-order valence-electron chi connectivity index (χ4n) is 4.08. The monoisotopic (exact) mass is 278 g/mol. The van der Waals surface area contributed by atoms with E-state index >= 15 is 0 Å². The summed E-state index contributed by atoms with van der Waals surface area (Å²) in [6.45, 7) is 7.20. The standard InChI is InChI=1S/C15H27N5/c1-12(2)14(19-10-6-3-7-11-19)15-16-17-18-20(15)13-8-4-5-9-13/h12-14H,3-11H2,1-2H3/p+1/t14-/m1/s1. The van der Waals surface area contributed by atoms with Crippen molar-refractivity contribution in [2.45, 2.75) is 70.9 Å². The Morgan fingerprint density at radius 2 is 1.75 bits per heavy atom. The zero-order chi connectivity index (χ0) is 13.9. The Labute approximate surface area is 121 Å². The van der Waals surface area contributed by atoms with E-state index in [1.54, 1.807) is 4.90 Å². The van der Waals surface area contributed by atoms with Crippen LogP contribution in [0, 0.1) is 5.92 Å². The summed E-state index contributed by atoms with van der Waals surface area (Å²) in [4.78, 5) is 1.69. The summed E-state index contributed by atoms with van der Waals surface area (Å²) >= 11 is 0. The van der Waals surface area contributed by atoms with E-state index in [1.807, 2.05) is 0 Å². The van der Waals surface area contributed by atoms with Gasteiger partial charge in [0.1, 0.15) is 0 Å². The van der Waals surface area contributed by atoms with Crippen molar-refractivity contribution in [3.63, 3.8) is 0 Å². The van der Waals surface area contributed by atoms with Gasteiger partial charge < -0.3 is 4.90 Å². The number of hydrogen-bond acceptors (Lipinski definition) is 3. The lowest BCUT2D eigenvalue weighted by atomic mass is 9.98. The fourth-order valence-corrected chi connectivity index (χ4v) is 4.08. The normalized spacial score (nSPS) is 23.6. The molecule has 1 N–H and O–H groups in total. The second-order valence-electron chi connectivity index (χ2n) is 6.86. The van der Waals surface area contributed by atoms with E-state index in [9.17, 15) is 0 Å². The molecule has 0 radical (unpaired) electrons. The predicted molar refractivity (Wildman–Crippen MR) is 77.4 cm³/mol. The van der Waals surface area contributed by atoms with E-state index in [2.05, 4.69) is 34.1 Å². The molecule has 20 heavy (non-hydrogen) atoms. The lowest BCUT2D eigenvalue weighted by Gasteiger charge is -2.33. The molecular formula is C15H28N5+. The Morgan fingerprint density at radius 3 is 2.40 bits per heavy atom. The van der Waals surface area contributed by atoms with Crippen molar-refractivity contribution >= 4 is 0 Å². The van der Waals surface area contributed by atoms with Gasteiger partial charge in [-0.1, -0.05) is 26.7 Å². The lowest BCUT2D eigenvalue weighted by Crippen LogP contribution is -3.13. The minimum atomic E-state index is 0.464. The zero-order valence-electron chi connectivity index (χ0n) is 12.9. The molecule has 3 rings (SSSR count).